The maximum absolute atomic E-state index is 13.9. The average Bonchev–Trinajstić information content (AvgIpc) is 2.45. The van der Waals surface area contributed by atoms with Gasteiger partial charge >= 0.3 is 0 Å². The topological polar surface area (TPSA) is 21.3 Å². The Balaban J connectivity index is 2.27. The van der Waals surface area contributed by atoms with E-state index in [1.807, 2.05) is 0 Å². The van der Waals surface area contributed by atoms with Crippen LogP contribution in [0.4, 0.5) is 14.5 Å². The first kappa shape index (κ1) is 16.7. The van der Waals surface area contributed by atoms with Gasteiger partial charge in [-0.1, -0.05) is 0 Å². The summed E-state index contributed by atoms with van der Waals surface area (Å²) in [6.45, 7) is 0.0144. The van der Waals surface area contributed by atoms with Crippen LogP contribution in [0.3, 0.4) is 0 Å². The third kappa shape index (κ3) is 3.76. The van der Waals surface area contributed by atoms with Crippen molar-refractivity contribution in [2.75, 3.05) is 12.4 Å². The summed E-state index contributed by atoms with van der Waals surface area (Å²) in [6, 6.07) is 6.10. The third-order valence-corrected chi connectivity index (χ3v) is 4.72. The Bertz CT molecular complexity index is 680. The van der Waals surface area contributed by atoms with Gasteiger partial charge in [-0.05, 0) is 66.0 Å². The van der Waals surface area contributed by atoms with E-state index >= 15 is 0 Å². The third-order valence-electron chi connectivity index (χ3n) is 2.84. The van der Waals surface area contributed by atoms with E-state index < -0.39 is 11.6 Å². The molecule has 2 aromatic carbocycles. The molecule has 2 aromatic rings. The molecule has 0 aliphatic carbocycles. The molecule has 0 unspecified atom stereocenters. The highest BCUT2D eigenvalue weighted by molar-refractivity contribution is 9.11. The van der Waals surface area contributed by atoms with Crippen molar-refractivity contribution in [2.24, 2.45) is 0 Å². The van der Waals surface area contributed by atoms with Crippen LogP contribution >= 0.6 is 47.8 Å². The van der Waals surface area contributed by atoms with Crippen LogP contribution in [0.25, 0.3) is 0 Å². The molecular weight excluding hydrogens is 476 g/mol. The highest BCUT2D eigenvalue weighted by Gasteiger charge is 2.13. The number of anilines is 1. The van der Waals surface area contributed by atoms with E-state index in [9.17, 15) is 8.78 Å². The van der Waals surface area contributed by atoms with E-state index in [2.05, 4.69) is 53.1 Å². The van der Waals surface area contributed by atoms with Gasteiger partial charge in [0.15, 0.2) is 0 Å². The zero-order chi connectivity index (χ0) is 15.6. The molecule has 1 N–H and O–H groups in total. The first-order valence-electron chi connectivity index (χ1n) is 5.83. The maximum atomic E-state index is 13.9. The smallest absolute Gasteiger partial charge is 0.145 e. The van der Waals surface area contributed by atoms with Gasteiger partial charge in [0.05, 0.1) is 21.7 Å². The Hall–Kier alpha value is -0.660. The summed E-state index contributed by atoms with van der Waals surface area (Å²) in [5.74, 6) is -0.581. The van der Waals surface area contributed by atoms with Gasteiger partial charge in [0, 0.05) is 22.6 Å². The molecule has 0 aromatic heterocycles. The standard InChI is InChI=1S/C14H10Br3F2NO/c1-21-13-5-12(9(16)4-10(13)17)20-6-7-11(18)3-2-8(15)14(7)19/h2-5,20H,6H2,1H3. The number of hydrogen-bond donors (Lipinski definition) is 1. The van der Waals surface area contributed by atoms with E-state index in [1.165, 1.54) is 12.1 Å². The van der Waals surface area contributed by atoms with Gasteiger partial charge in [0.1, 0.15) is 17.4 Å². The first-order valence-corrected chi connectivity index (χ1v) is 8.21. The van der Waals surface area contributed by atoms with Gasteiger partial charge in [-0.25, -0.2) is 8.78 Å². The molecule has 112 valence electrons. The first-order chi connectivity index (χ1) is 9.93. The number of benzene rings is 2. The molecule has 0 heterocycles. The molecule has 7 heteroatoms. The fourth-order valence-corrected chi connectivity index (χ4v) is 3.40. The minimum absolute atomic E-state index is 0.0144. The van der Waals surface area contributed by atoms with E-state index in [4.69, 9.17) is 4.74 Å². The predicted octanol–water partition coefficient (Wildman–Crippen LogP) is 5.87. The molecule has 21 heavy (non-hydrogen) atoms. The quantitative estimate of drug-likeness (QED) is 0.547. The average molecular weight is 486 g/mol. The Labute approximate surface area is 146 Å². The molecule has 0 saturated heterocycles. The summed E-state index contributed by atoms with van der Waals surface area (Å²) in [4.78, 5) is 0. The lowest BCUT2D eigenvalue weighted by molar-refractivity contribution is 0.412. The second-order valence-electron chi connectivity index (χ2n) is 4.14. The zero-order valence-electron chi connectivity index (χ0n) is 10.8. The van der Waals surface area contributed by atoms with Gasteiger partial charge in [0.2, 0.25) is 0 Å². The summed E-state index contributed by atoms with van der Waals surface area (Å²) in [5, 5.41) is 2.99. The minimum Gasteiger partial charge on any atom is -0.495 e. The lowest BCUT2D eigenvalue weighted by atomic mass is 10.2. The van der Waals surface area contributed by atoms with Crippen LogP contribution in [0.2, 0.25) is 0 Å². The normalized spacial score (nSPS) is 10.6. The molecule has 0 bridgehead atoms. The van der Waals surface area contributed by atoms with Crippen molar-refractivity contribution in [3.63, 3.8) is 0 Å². The summed E-state index contributed by atoms with van der Waals surface area (Å²) in [6.07, 6.45) is 0. The molecule has 0 spiro atoms. The van der Waals surface area contributed by atoms with Crippen molar-refractivity contribution in [3.05, 3.63) is 54.9 Å². The SMILES string of the molecule is COc1cc(NCc2c(F)ccc(Br)c2F)c(Br)cc1Br. The second kappa shape index (κ2) is 7.07. The monoisotopic (exact) mass is 483 g/mol. The number of nitrogens with one attached hydrogen (secondary N) is 1. The van der Waals surface area contributed by atoms with Gasteiger partial charge in [-0.3, -0.25) is 0 Å². The van der Waals surface area contributed by atoms with Crippen molar-refractivity contribution in [1.82, 2.24) is 0 Å². The highest BCUT2D eigenvalue weighted by atomic mass is 79.9. The Kier molecular flexibility index (Phi) is 5.62. The van der Waals surface area contributed by atoms with E-state index in [-0.39, 0.29) is 16.6 Å². The van der Waals surface area contributed by atoms with Gasteiger partial charge in [0.25, 0.3) is 0 Å². The van der Waals surface area contributed by atoms with Crippen molar-refractivity contribution in [1.29, 1.82) is 0 Å². The van der Waals surface area contributed by atoms with Crippen LogP contribution in [0.5, 0.6) is 5.75 Å². The second-order valence-corrected chi connectivity index (χ2v) is 6.70. The van der Waals surface area contributed by atoms with Crippen molar-refractivity contribution in [3.8, 4) is 5.75 Å². The lowest BCUT2D eigenvalue weighted by Gasteiger charge is -2.13. The van der Waals surface area contributed by atoms with Crippen LogP contribution in [-0.2, 0) is 6.54 Å². The van der Waals surface area contributed by atoms with Gasteiger partial charge in [-0.2, -0.15) is 0 Å². The maximum Gasteiger partial charge on any atom is 0.145 e. The van der Waals surface area contributed by atoms with Crippen molar-refractivity contribution >= 4 is 53.5 Å². The fraction of sp³-hybridized carbons (Fsp3) is 0.143. The van der Waals surface area contributed by atoms with E-state index in [0.717, 1.165) is 8.95 Å². The Morgan fingerprint density at radius 3 is 2.43 bits per heavy atom. The molecule has 0 aliphatic rings. The van der Waals surface area contributed by atoms with Crippen molar-refractivity contribution in [2.45, 2.75) is 6.54 Å². The Morgan fingerprint density at radius 2 is 1.76 bits per heavy atom. The van der Waals surface area contributed by atoms with Crippen LogP contribution in [-0.4, -0.2) is 7.11 Å². The lowest BCUT2D eigenvalue weighted by Crippen LogP contribution is -2.06. The van der Waals surface area contributed by atoms with Gasteiger partial charge in [-0.15, -0.1) is 0 Å². The van der Waals surface area contributed by atoms with Gasteiger partial charge < -0.3 is 10.1 Å². The van der Waals surface area contributed by atoms with Crippen molar-refractivity contribution < 1.29 is 13.5 Å². The molecule has 0 saturated carbocycles. The van der Waals surface area contributed by atoms with Crippen LogP contribution in [0.15, 0.2) is 37.7 Å². The largest absolute Gasteiger partial charge is 0.495 e. The molecular formula is C14H10Br3F2NO. The number of halogens is 5. The zero-order valence-corrected chi connectivity index (χ0v) is 15.6. The summed E-state index contributed by atoms with van der Waals surface area (Å²) in [7, 11) is 1.55. The highest BCUT2D eigenvalue weighted by Crippen LogP contribution is 2.35. The van der Waals surface area contributed by atoms with E-state index in [1.54, 1.807) is 19.2 Å². The summed E-state index contributed by atoms with van der Waals surface area (Å²) >= 11 is 9.80. The van der Waals surface area contributed by atoms with Crippen LogP contribution in [0.1, 0.15) is 5.56 Å². The molecule has 2 nitrogen and oxygen atoms in total. The molecule has 0 amide bonds. The summed E-state index contributed by atoms with van der Waals surface area (Å²) < 4.78 is 34.6. The molecule has 0 fully saturated rings. The molecule has 0 atom stereocenters. The molecule has 0 radical (unpaired) electrons. The fourth-order valence-electron chi connectivity index (χ4n) is 1.74. The number of rotatable bonds is 4. The Morgan fingerprint density at radius 1 is 1.05 bits per heavy atom. The predicted molar refractivity (Wildman–Crippen MR) is 89.8 cm³/mol. The molecule has 0 aliphatic heterocycles. The van der Waals surface area contributed by atoms with Crippen LogP contribution in [0, 0.1) is 11.6 Å². The van der Waals surface area contributed by atoms with E-state index in [0.29, 0.717) is 11.4 Å². The number of hydrogen-bond acceptors (Lipinski definition) is 2. The minimum atomic E-state index is -0.609. The number of ether oxygens (including phenoxy) is 1. The number of methoxy groups -OCH3 is 1. The van der Waals surface area contributed by atoms with Crippen LogP contribution < -0.4 is 10.1 Å². The molecule has 2 rings (SSSR count). The summed E-state index contributed by atoms with van der Waals surface area (Å²) in [5.41, 5.74) is 0.645.